The van der Waals surface area contributed by atoms with Gasteiger partial charge in [0.1, 0.15) is 5.75 Å². The lowest BCUT2D eigenvalue weighted by atomic mass is 9.77. The molecule has 0 unspecified atom stereocenters. The van der Waals surface area contributed by atoms with E-state index in [-0.39, 0.29) is 6.29 Å². The molecule has 0 spiro atoms. The maximum atomic E-state index is 6.11. The zero-order chi connectivity index (χ0) is 23.6. The average molecular weight is 465 g/mol. The second-order valence-corrected chi connectivity index (χ2v) is 10.3. The summed E-state index contributed by atoms with van der Waals surface area (Å²) < 4.78 is 18.1. The van der Waals surface area contributed by atoms with Crippen molar-refractivity contribution in [1.82, 2.24) is 0 Å². The Balaban J connectivity index is 1.21. The highest BCUT2D eigenvalue weighted by Crippen LogP contribution is 2.38. The van der Waals surface area contributed by atoms with E-state index in [1.807, 2.05) is 12.1 Å². The molecule has 1 heterocycles. The van der Waals surface area contributed by atoms with Crippen LogP contribution in [0.15, 0.2) is 48.5 Å². The summed E-state index contributed by atoms with van der Waals surface area (Å²) in [6.45, 7) is 6.72. The van der Waals surface area contributed by atoms with Crippen LogP contribution < -0.4 is 4.74 Å². The Morgan fingerprint density at radius 1 is 0.676 bits per heavy atom. The fraction of sp³-hybridized carbons (Fsp3) is 0.613. The third-order valence-corrected chi connectivity index (χ3v) is 7.74. The van der Waals surface area contributed by atoms with Gasteiger partial charge >= 0.3 is 0 Å². The Kier molecular flexibility index (Phi) is 9.88. The maximum absolute atomic E-state index is 6.11. The predicted octanol–water partition coefficient (Wildman–Crippen LogP) is 8.55. The number of hydrogen-bond donors (Lipinski definition) is 0. The number of benzene rings is 2. The van der Waals surface area contributed by atoms with Crippen molar-refractivity contribution in [2.45, 2.75) is 96.2 Å². The second kappa shape index (κ2) is 13.3. The standard InChI is InChI=1S/C31H44O3/c1-3-5-6-7-21-32-30-19-17-28(18-20-30)31-33-22-29(23-34-31)27-15-13-26(14-16-27)25-11-9-24(8-4-2)10-12-25/h13-20,24-25,29,31H,3-12,21-23H2,1-2H3. The molecule has 1 aliphatic carbocycles. The van der Waals surface area contributed by atoms with Crippen molar-refractivity contribution in [2.75, 3.05) is 19.8 Å². The number of unbranched alkanes of at least 4 members (excludes halogenated alkanes) is 3. The zero-order valence-electron chi connectivity index (χ0n) is 21.3. The van der Waals surface area contributed by atoms with Crippen LogP contribution in [0.2, 0.25) is 0 Å². The van der Waals surface area contributed by atoms with Gasteiger partial charge < -0.3 is 14.2 Å². The molecular formula is C31H44O3. The van der Waals surface area contributed by atoms with Gasteiger partial charge in [0.25, 0.3) is 0 Å². The second-order valence-electron chi connectivity index (χ2n) is 10.3. The summed E-state index contributed by atoms with van der Waals surface area (Å²) >= 11 is 0. The van der Waals surface area contributed by atoms with Gasteiger partial charge in [-0.05, 0) is 67.2 Å². The fourth-order valence-corrected chi connectivity index (χ4v) is 5.56. The van der Waals surface area contributed by atoms with E-state index < -0.39 is 0 Å². The van der Waals surface area contributed by atoms with Gasteiger partial charge in [0.15, 0.2) is 6.29 Å². The molecular weight excluding hydrogens is 420 g/mol. The van der Waals surface area contributed by atoms with Crippen molar-refractivity contribution in [3.05, 3.63) is 65.2 Å². The fourth-order valence-electron chi connectivity index (χ4n) is 5.56. The summed E-state index contributed by atoms with van der Waals surface area (Å²) in [5.74, 6) is 2.93. The van der Waals surface area contributed by atoms with Gasteiger partial charge in [0, 0.05) is 11.5 Å². The molecule has 0 bridgehead atoms. The number of ether oxygens (including phenoxy) is 3. The van der Waals surface area contributed by atoms with E-state index in [2.05, 4.69) is 50.2 Å². The van der Waals surface area contributed by atoms with Crippen LogP contribution in [0.1, 0.15) is 113 Å². The van der Waals surface area contributed by atoms with Gasteiger partial charge in [-0.2, -0.15) is 0 Å². The molecule has 4 rings (SSSR count). The van der Waals surface area contributed by atoms with E-state index in [0.717, 1.165) is 36.2 Å². The van der Waals surface area contributed by atoms with E-state index in [1.165, 1.54) is 68.9 Å². The van der Waals surface area contributed by atoms with Crippen molar-refractivity contribution < 1.29 is 14.2 Å². The lowest BCUT2D eigenvalue weighted by Crippen LogP contribution is -2.25. The molecule has 3 heteroatoms. The molecule has 34 heavy (non-hydrogen) atoms. The van der Waals surface area contributed by atoms with Crippen LogP contribution in [0.5, 0.6) is 5.75 Å². The minimum atomic E-state index is -0.285. The number of hydrogen-bond acceptors (Lipinski definition) is 3. The van der Waals surface area contributed by atoms with E-state index in [0.29, 0.717) is 19.1 Å². The summed E-state index contributed by atoms with van der Waals surface area (Å²) in [5, 5.41) is 0. The minimum Gasteiger partial charge on any atom is -0.494 e. The van der Waals surface area contributed by atoms with Crippen LogP contribution in [-0.2, 0) is 9.47 Å². The largest absolute Gasteiger partial charge is 0.494 e. The lowest BCUT2D eigenvalue weighted by molar-refractivity contribution is -0.191. The smallest absolute Gasteiger partial charge is 0.183 e. The first kappa shape index (κ1) is 25.3. The molecule has 0 amide bonds. The summed E-state index contributed by atoms with van der Waals surface area (Å²) in [4.78, 5) is 0. The van der Waals surface area contributed by atoms with Crippen LogP contribution in [0.4, 0.5) is 0 Å². The molecule has 1 saturated carbocycles. The Labute approximate surface area is 207 Å². The third kappa shape index (κ3) is 7.09. The lowest BCUT2D eigenvalue weighted by Gasteiger charge is -2.31. The van der Waals surface area contributed by atoms with Crippen molar-refractivity contribution >= 4 is 0 Å². The van der Waals surface area contributed by atoms with Crippen molar-refractivity contribution in [2.24, 2.45) is 5.92 Å². The monoisotopic (exact) mass is 464 g/mol. The summed E-state index contributed by atoms with van der Waals surface area (Å²) in [6.07, 6.45) is 12.8. The maximum Gasteiger partial charge on any atom is 0.183 e. The minimum absolute atomic E-state index is 0.285. The van der Waals surface area contributed by atoms with Crippen LogP contribution >= 0.6 is 0 Å². The van der Waals surface area contributed by atoms with E-state index in [9.17, 15) is 0 Å². The van der Waals surface area contributed by atoms with Gasteiger partial charge in [-0.3, -0.25) is 0 Å². The van der Waals surface area contributed by atoms with Crippen LogP contribution in [0.25, 0.3) is 0 Å². The predicted molar refractivity (Wildman–Crippen MR) is 140 cm³/mol. The highest BCUT2D eigenvalue weighted by atomic mass is 16.7. The molecule has 3 nitrogen and oxygen atoms in total. The van der Waals surface area contributed by atoms with Crippen LogP contribution in [0.3, 0.4) is 0 Å². The quantitative estimate of drug-likeness (QED) is 0.312. The van der Waals surface area contributed by atoms with Gasteiger partial charge in [-0.15, -0.1) is 0 Å². The first-order chi connectivity index (χ1) is 16.8. The molecule has 2 fully saturated rings. The molecule has 1 saturated heterocycles. The molecule has 2 aromatic carbocycles. The van der Waals surface area contributed by atoms with E-state index in [1.54, 1.807) is 0 Å². The van der Waals surface area contributed by atoms with Gasteiger partial charge in [0.2, 0.25) is 0 Å². The molecule has 2 aromatic rings. The van der Waals surface area contributed by atoms with Crippen molar-refractivity contribution in [1.29, 1.82) is 0 Å². The Bertz CT molecular complexity index is 813. The van der Waals surface area contributed by atoms with Gasteiger partial charge in [-0.25, -0.2) is 0 Å². The van der Waals surface area contributed by atoms with Gasteiger partial charge in [-0.1, -0.05) is 82.3 Å². The summed E-state index contributed by atoms with van der Waals surface area (Å²) in [6, 6.07) is 17.5. The third-order valence-electron chi connectivity index (χ3n) is 7.74. The molecule has 0 aromatic heterocycles. The Morgan fingerprint density at radius 2 is 1.29 bits per heavy atom. The molecule has 1 aliphatic heterocycles. The number of rotatable bonds is 11. The molecule has 2 aliphatic rings. The normalized spacial score (nSPS) is 25.2. The first-order valence-electron chi connectivity index (χ1n) is 13.8. The van der Waals surface area contributed by atoms with Crippen LogP contribution in [-0.4, -0.2) is 19.8 Å². The highest BCUT2D eigenvalue weighted by Gasteiger charge is 2.26. The zero-order valence-corrected chi connectivity index (χ0v) is 21.3. The summed E-state index contributed by atoms with van der Waals surface area (Å²) in [5.41, 5.74) is 3.90. The van der Waals surface area contributed by atoms with Crippen molar-refractivity contribution in [3.63, 3.8) is 0 Å². The Hall–Kier alpha value is -1.84. The van der Waals surface area contributed by atoms with E-state index >= 15 is 0 Å². The SMILES string of the molecule is CCCCCCOc1ccc(C2OCC(c3ccc(C4CCC(CCC)CC4)cc3)CO2)cc1. The highest BCUT2D eigenvalue weighted by molar-refractivity contribution is 5.30. The van der Waals surface area contributed by atoms with Crippen LogP contribution in [0, 0.1) is 5.92 Å². The molecule has 0 radical (unpaired) electrons. The molecule has 0 N–H and O–H groups in total. The first-order valence-corrected chi connectivity index (χ1v) is 13.8. The molecule has 186 valence electrons. The Morgan fingerprint density at radius 3 is 1.91 bits per heavy atom. The topological polar surface area (TPSA) is 27.7 Å². The van der Waals surface area contributed by atoms with E-state index in [4.69, 9.17) is 14.2 Å². The summed E-state index contributed by atoms with van der Waals surface area (Å²) in [7, 11) is 0. The molecule has 0 atom stereocenters. The van der Waals surface area contributed by atoms with Gasteiger partial charge in [0.05, 0.1) is 19.8 Å². The average Bonchev–Trinajstić information content (AvgIpc) is 2.90. The van der Waals surface area contributed by atoms with Crippen molar-refractivity contribution in [3.8, 4) is 5.75 Å².